The van der Waals surface area contributed by atoms with Gasteiger partial charge >= 0.3 is 0 Å². The first-order valence-electron chi connectivity index (χ1n) is 9.88. The lowest BCUT2D eigenvalue weighted by atomic mass is 10.1. The van der Waals surface area contributed by atoms with Crippen LogP contribution in [0, 0.1) is 0 Å². The molecule has 1 aliphatic heterocycles. The molecule has 0 unspecified atom stereocenters. The fourth-order valence-electron chi connectivity index (χ4n) is 3.65. The van der Waals surface area contributed by atoms with E-state index in [-0.39, 0.29) is 11.8 Å². The summed E-state index contributed by atoms with van der Waals surface area (Å²) in [6.45, 7) is 3.13. The van der Waals surface area contributed by atoms with E-state index < -0.39 is 0 Å². The van der Waals surface area contributed by atoms with Gasteiger partial charge in [0.25, 0.3) is 11.8 Å². The number of para-hydroxylation sites is 1. The zero-order valence-corrected chi connectivity index (χ0v) is 16.8. The third-order valence-electron chi connectivity index (χ3n) is 5.20. The number of carbonyl (C=O) groups is 2. The molecule has 0 saturated heterocycles. The average molecular weight is 394 g/mol. The molecule has 2 amide bonds. The number of nitrogens with one attached hydrogen (secondary N) is 2. The largest absolute Gasteiger partial charge is 0.360 e. The predicted octanol–water partition coefficient (Wildman–Crippen LogP) is 1.70. The van der Waals surface area contributed by atoms with E-state index >= 15 is 0 Å². The van der Waals surface area contributed by atoms with Gasteiger partial charge < -0.3 is 20.1 Å². The number of carbonyl (C=O) groups excluding carboxylic acids is 2. The van der Waals surface area contributed by atoms with Crippen LogP contribution in [0.3, 0.4) is 0 Å². The Labute approximate surface area is 169 Å². The Morgan fingerprint density at radius 1 is 1.24 bits per heavy atom. The fraction of sp³-hybridized carbons (Fsp3) is 0.381. The summed E-state index contributed by atoms with van der Waals surface area (Å²) in [4.78, 5) is 32.6. The number of hydrogen-bond donors (Lipinski definition) is 2. The van der Waals surface area contributed by atoms with E-state index in [9.17, 15) is 9.59 Å². The minimum absolute atomic E-state index is 0.00548. The van der Waals surface area contributed by atoms with Crippen molar-refractivity contribution >= 4 is 22.7 Å². The molecular weight excluding hydrogens is 368 g/mol. The van der Waals surface area contributed by atoms with Crippen molar-refractivity contribution in [1.82, 2.24) is 29.9 Å². The Kier molecular flexibility index (Phi) is 5.35. The maximum absolute atomic E-state index is 13.2. The zero-order chi connectivity index (χ0) is 20.4. The van der Waals surface area contributed by atoms with Gasteiger partial charge in [-0.2, -0.15) is 5.10 Å². The monoisotopic (exact) mass is 394 g/mol. The summed E-state index contributed by atoms with van der Waals surface area (Å²) < 4.78 is 1.85. The number of aryl methyl sites for hydroxylation is 1. The van der Waals surface area contributed by atoms with Crippen molar-refractivity contribution in [1.29, 1.82) is 0 Å². The summed E-state index contributed by atoms with van der Waals surface area (Å²) >= 11 is 0. The second-order valence-corrected chi connectivity index (χ2v) is 7.63. The highest BCUT2D eigenvalue weighted by Gasteiger charge is 2.24. The number of likely N-dealkylation sites (N-methyl/N-ethyl adjacent to an activating group) is 1. The van der Waals surface area contributed by atoms with Crippen molar-refractivity contribution in [2.45, 2.75) is 19.5 Å². The summed E-state index contributed by atoms with van der Waals surface area (Å²) in [6, 6.07) is 9.60. The molecular formula is C21H26N6O2. The molecule has 1 aromatic carbocycles. The van der Waals surface area contributed by atoms with Crippen LogP contribution < -0.4 is 5.32 Å². The van der Waals surface area contributed by atoms with Crippen LogP contribution in [0.2, 0.25) is 0 Å². The molecule has 0 atom stereocenters. The van der Waals surface area contributed by atoms with Crippen LogP contribution >= 0.6 is 0 Å². The Hall–Kier alpha value is -3.13. The van der Waals surface area contributed by atoms with E-state index in [1.54, 1.807) is 12.3 Å². The molecule has 1 aliphatic rings. The standard InChI is InChI=1S/C21H26N6O2/c1-25(2)11-8-22-20(28)19-12-15-14-26(9-5-10-27(15)24-19)21(29)17-13-23-18-7-4-3-6-16(17)18/h3-4,6-7,12-13,23H,5,8-11,14H2,1-2H3,(H,22,28). The van der Waals surface area contributed by atoms with Crippen molar-refractivity contribution in [3.63, 3.8) is 0 Å². The summed E-state index contributed by atoms with van der Waals surface area (Å²) in [7, 11) is 3.93. The number of benzene rings is 1. The summed E-state index contributed by atoms with van der Waals surface area (Å²) in [5.74, 6) is -0.184. The van der Waals surface area contributed by atoms with E-state index in [1.165, 1.54) is 0 Å². The Morgan fingerprint density at radius 3 is 2.90 bits per heavy atom. The SMILES string of the molecule is CN(C)CCNC(=O)c1cc2n(n1)CCCN(C(=O)c1c[nH]c3ccccc13)C2. The Morgan fingerprint density at radius 2 is 2.07 bits per heavy atom. The first-order valence-corrected chi connectivity index (χ1v) is 9.88. The molecule has 2 aromatic heterocycles. The lowest BCUT2D eigenvalue weighted by molar-refractivity contribution is 0.0747. The normalized spacial score (nSPS) is 14.1. The van der Waals surface area contributed by atoms with Crippen molar-refractivity contribution in [3.05, 3.63) is 53.5 Å². The predicted molar refractivity (Wildman–Crippen MR) is 111 cm³/mol. The quantitative estimate of drug-likeness (QED) is 0.690. The summed E-state index contributed by atoms with van der Waals surface area (Å²) in [5, 5.41) is 8.28. The second-order valence-electron chi connectivity index (χ2n) is 7.63. The number of aromatic amines is 1. The van der Waals surface area contributed by atoms with Gasteiger partial charge in [0.1, 0.15) is 0 Å². The average Bonchev–Trinajstić information content (AvgIpc) is 3.26. The third kappa shape index (κ3) is 4.02. The van der Waals surface area contributed by atoms with Crippen LogP contribution in [0.4, 0.5) is 0 Å². The molecule has 3 aromatic rings. The molecule has 29 heavy (non-hydrogen) atoms. The van der Waals surface area contributed by atoms with Gasteiger partial charge in [-0.05, 0) is 32.6 Å². The molecule has 4 rings (SSSR count). The summed E-state index contributed by atoms with van der Waals surface area (Å²) in [6.07, 6.45) is 2.57. The van der Waals surface area contributed by atoms with Crippen LogP contribution in [0.25, 0.3) is 10.9 Å². The van der Waals surface area contributed by atoms with Crippen LogP contribution in [-0.2, 0) is 13.1 Å². The zero-order valence-electron chi connectivity index (χ0n) is 16.8. The summed E-state index contributed by atoms with van der Waals surface area (Å²) in [5.41, 5.74) is 2.91. The van der Waals surface area contributed by atoms with Crippen LogP contribution in [0.5, 0.6) is 0 Å². The van der Waals surface area contributed by atoms with Crippen molar-refractivity contribution in [3.8, 4) is 0 Å². The van der Waals surface area contributed by atoms with Gasteiger partial charge in [-0.25, -0.2) is 0 Å². The first kappa shape index (κ1) is 19.2. The number of rotatable bonds is 5. The van der Waals surface area contributed by atoms with Crippen molar-refractivity contribution < 1.29 is 9.59 Å². The van der Waals surface area contributed by atoms with Gasteiger partial charge in [0, 0.05) is 43.3 Å². The van der Waals surface area contributed by atoms with Crippen molar-refractivity contribution in [2.75, 3.05) is 33.7 Å². The van der Waals surface area contributed by atoms with Gasteiger partial charge in [0.05, 0.1) is 17.8 Å². The topological polar surface area (TPSA) is 86.3 Å². The highest BCUT2D eigenvalue weighted by atomic mass is 16.2. The van der Waals surface area contributed by atoms with E-state index in [1.807, 2.05) is 52.8 Å². The van der Waals surface area contributed by atoms with E-state index in [4.69, 9.17) is 0 Å². The smallest absolute Gasteiger partial charge is 0.271 e. The Bertz CT molecular complexity index is 1030. The van der Waals surface area contributed by atoms with E-state index in [0.717, 1.165) is 29.6 Å². The molecule has 8 nitrogen and oxygen atoms in total. The second kappa shape index (κ2) is 8.08. The molecule has 0 radical (unpaired) electrons. The van der Waals surface area contributed by atoms with E-state index in [0.29, 0.717) is 37.4 Å². The van der Waals surface area contributed by atoms with Crippen LogP contribution in [-0.4, -0.2) is 70.1 Å². The van der Waals surface area contributed by atoms with Gasteiger partial charge in [-0.1, -0.05) is 18.2 Å². The van der Waals surface area contributed by atoms with Gasteiger partial charge in [-0.15, -0.1) is 0 Å². The highest BCUT2D eigenvalue weighted by molar-refractivity contribution is 6.06. The minimum atomic E-state index is -0.179. The third-order valence-corrected chi connectivity index (χ3v) is 5.20. The molecule has 8 heteroatoms. The maximum Gasteiger partial charge on any atom is 0.271 e. The molecule has 152 valence electrons. The molecule has 0 spiro atoms. The number of nitrogens with zero attached hydrogens (tertiary/aromatic N) is 4. The van der Waals surface area contributed by atoms with Crippen LogP contribution in [0.1, 0.15) is 33.0 Å². The van der Waals surface area contributed by atoms with Gasteiger partial charge in [0.15, 0.2) is 5.69 Å². The number of aromatic nitrogens is 3. The molecule has 0 bridgehead atoms. The lowest BCUT2D eigenvalue weighted by Crippen LogP contribution is -2.31. The first-order chi connectivity index (χ1) is 14.0. The molecule has 0 aliphatic carbocycles. The lowest BCUT2D eigenvalue weighted by Gasteiger charge is -2.19. The van der Waals surface area contributed by atoms with Gasteiger partial charge in [0.2, 0.25) is 0 Å². The molecule has 0 saturated carbocycles. The molecule has 0 fully saturated rings. The van der Waals surface area contributed by atoms with Crippen molar-refractivity contribution in [2.24, 2.45) is 0 Å². The fourth-order valence-corrected chi connectivity index (χ4v) is 3.65. The number of amides is 2. The molecule has 2 N–H and O–H groups in total. The molecule has 3 heterocycles. The number of H-pyrrole nitrogens is 1. The maximum atomic E-state index is 13.2. The van der Waals surface area contributed by atoms with Crippen LogP contribution in [0.15, 0.2) is 36.5 Å². The number of hydrogen-bond acceptors (Lipinski definition) is 4. The number of fused-ring (bicyclic) bond motifs is 2. The van der Waals surface area contributed by atoms with Gasteiger partial charge in [-0.3, -0.25) is 14.3 Å². The highest BCUT2D eigenvalue weighted by Crippen LogP contribution is 2.22. The minimum Gasteiger partial charge on any atom is -0.360 e. The Balaban J connectivity index is 1.50. The van der Waals surface area contributed by atoms with E-state index in [2.05, 4.69) is 15.4 Å².